The van der Waals surface area contributed by atoms with Gasteiger partial charge in [-0.25, -0.2) is 14.4 Å². The molecule has 2 aromatic rings. The van der Waals surface area contributed by atoms with Crippen LogP contribution in [0, 0.1) is 0 Å². The molecule has 3 rings (SSSR count). The lowest BCUT2D eigenvalue weighted by atomic mass is 10.00. The van der Waals surface area contributed by atoms with Gasteiger partial charge in [0.25, 0.3) is 0 Å². The van der Waals surface area contributed by atoms with Crippen LogP contribution >= 0.6 is 0 Å². The summed E-state index contributed by atoms with van der Waals surface area (Å²) >= 11 is 0. The number of nitrogens with one attached hydrogen (secondary N) is 4. The molecule has 0 bridgehead atoms. The second-order valence-electron chi connectivity index (χ2n) is 7.89. The molecule has 9 heteroatoms. The van der Waals surface area contributed by atoms with E-state index in [0.717, 1.165) is 0 Å². The average molecular weight is 450 g/mol. The zero-order valence-corrected chi connectivity index (χ0v) is 18.3. The van der Waals surface area contributed by atoms with Crippen LogP contribution in [0.25, 0.3) is 0 Å². The van der Waals surface area contributed by atoms with Crippen molar-refractivity contribution in [1.29, 1.82) is 0 Å². The fourth-order valence-electron chi connectivity index (χ4n) is 3.10. The van der Waals surface area contributed by atoms with Gasteiger partial charge in [0.15, 0.2) is 11.3 Å². The number of carboxylic acids is 1. The van der Waals surface area contributed by atoms with Crippen molar-refractivity contribution in [3.8, 4) is 0 Å². The molecule has 0 spiro atoms. The molecule has 1 aliphatic carbocycles. The van der Waals surface area contributed by atoms with Crippen LogP contribution in [0.4, 0.5) is 21.0 Å². The SMILES string of the molecule is CC(C)(OC1(NC(=O)Nc2ccccc2)C=CC(NC(=O)Nc2ccccc2)=CC1)C(=O)O. The van der Waals surface area contributed by atoms with Crippen molar-refractivity contribution < 1.29 is 24.2 Å². The van der Waals surface area contributed by atoms with Crippen molar-refractivity contribution >= 4 is 29.4 Å². The van der Waals surface area contributed by atoms with Crippen molar-refractivity contribution in [1.82, 2.24) is 10.6 Å². The number of benzene rings is 2. The number of allylic oxidation sites excluding steroid dienone is 1. The molecular weight excluding hydrogens is 424 g/mol. The third-order valence-corrected chi connectivity index (χ3v) is 4.76. The number of hydrogen-bond donors (Lipinski definition) is 5. The van der Waals surface area contributed by atoms with Gasteiger partial charge in [0.2, 0.25) is 0 Å². The first kappa shape index (κ1) is 23.6. The minimum Gasteiger partial charge on any atom is -0.479 e. The third-order valence-electron chi connectivity index (χ3n) is 4.76. The van der Waals surface area contributed by atoms with E-state index in [-0.39, 0.29) is 6.42 Å². The zero-order chi connectivity index (χ0) is 23.9. The second kappa shape index (κ2) is 10.0. The molecule has 1 aliphatic rings. The third kappa shape index (κ3) is 6.68. The van der Waals surface area contributed by atoms with E-state index in [4.69, 9.17) is 4.74 Å². The van der Waals surface area contributed by atoms with Crippen molar-refractivity contribution in [3.63, 3.8) is 0 Å². The molecule has 0 aliphatic heterocycles. The van der Waals surface area contributed by atoms with E-state index < -0.39 is 29.4 Å². The molecule has 0 saturated carbocycles. The van der Waals surface area contributed by atoms with Gasteiger partial charge in [-0.15, -0.1) is 0 Å². The molecule has 4 amide bonds. The van der Waals surface area contributed by atoms with E-state index >= 15 is 0 Å². The summed E-state index contributed by atoms with van der Waals surface area (Å²) in [6.07, 6.45) is 4.80. The number of amides is 4. The van der Waals surface area contributed by atoms with Gasteiger partial charge in [-0.1, -0.05) is 42.5 Å². The second-order valence-corrected chi connectivity index (χ2v) is 7.89. The largest absolute Gasteiger partial charge is 0.479 e. The maximum Gasteiger partial charge on any atom is 0.335 e. The number of hydrogen-bond acceptors (Lipinski definition) is 4. The Hall–Kier alpha value is -4.11. The number of ether oxygens (including phenoxy) is 1. The molecule has 0 fully saturated rings. The Morgan fingerprint density at radius 1 is 0.879 bits per heavy atom. The molecule has 1 unspecified atom stereocenters. The van der Waals surface area contributed by atoms with Crippen LogP contribution in [-0.4, -0.2) is 34.5 Å². The van der Waals surface area contributed by atoms with Gasteiger partial charge in [-0.05, 0) is 50.3 Å². The summed E-state index contributed by atoms with van der Waals surface area (Å²) in [7, 11) is 0. The van der Waals surface area contributed by atoms with Crippen LogP contribution in [-0.2, 0) is 9.53 Å². The summed E-state index contributed by atoms with van der Waals surface area (Å²) in [5.74, 6) is -1.18. The van der Waals surface area contributed by atoms with Crippen molar-refractivity contribution in [2.24, 2.45) is 0 Å². The number of urea groups is 2. The number of aliphatic carboxylic acids is 1. The van der Waals surface area contributed by atoms with Gasteiger partial charge in [0.1, 0.15) is 0 Å². The van der Waals surface area contributed by atoms with Crippen LogP contribution in [0.1, 0.15) is 20.3 Å². The zero-order valence-electron chi connectivity index (χ0n) is 18.3. The first-order chi connectivity index (χ1) is 15.7. The summed E-state index contributed by atoms with van der Waals surface area (Å²) in [6, 6.07) is 16.8. The first-order valence-corrected chi connectivity index (χ1v) is 10.3. The van der Waals surface area contributed by atoms with Gasteiger partial charge in [-0.2, -0.15) is 0 Å². The maximum atomic E-state index is 12.6. The highest BCUT2D eigenvalue weighted by Gasteiger charge is 2.41. The topological polar surface area (TPSA) is 129 Å². The fourth-order valence-corrected chi connectivity index (χ4v) is 3.10. The van der Waals surface area contributed by atoms with Crippen LogP contribution in [0.5, 0.6) is 0 Å². The minimum atomic E-state index is -1.59. The van der Waals surface area contributed by atoms with Gasteiger partial charge >= 0.3 is 18.0 Å². The van der Waals surface area contributed by atoms with Gasteiger partial charge in [0, 0.05) is 23.5 Å². The maximum absolute atomic E-state index is 12.6. The number of carbonyl (C=O) groups is 3. The van der Waals surface area contributed by atoms with Gasteiger partial charge in [-0.3, -0.25) is 0 Å². The van der Waals surface area contributed by atoms with E-state index in [2.05, 4.69) is 21.3 Å². The standard InChI is InChI=1S/C24H26N4O5/c1-23(2,20(29)30)33-24(28-22(32)27-18-11-7-4-8-12-18)15-13-19(14-16-24)26-21(31)25-17-9-5-3-6-10-17/h3-15H,16H2,1-2H3,(H,29,30)(H2,25,26,31)(H2,27,28,32). The average Bonchev–Trinajstić information content (AvgIpc) is 2.76. The molecule has 33 heavy (non-hydrogen) atoms. The van der Waals surface area contributed by atoms with E-state index in [1.54, 1.807) is 60.7 Å². The number of para-hydroxylation sites is 2. The number of carboxylic acid groups (broad SMARTS) is 1. The molecule has 0 radical (unpaired) electrons. The quantitative estimate of drug-likeness (QED) is 0.407. The predicted molar refractivity (Wildman–Crippen MR) is 125 cm³/mol. The fraction of sp³-hybridized carbons (Fsp3) is 0.208. The van der Waals surface area contributed by atoms with Crippen LogP contribution < -0.4 is 21.3 Å². The molecule has 0 saturated heterocycles. The van der Waals surface area contributed by atoms with E-state index in [1.165, 1.54) is 19.9 Å². The molecule has 9 nitrogen and oxygen atoms in total. The molecule has 1 atom stereocenters. The Balaban J connectivity index is 1.70. The smallest absolute Gasteiger partial charge is 0.335 e. The predicted octanol–water partition coefficient (Wildman–Crippen LogP) is 4.05. The highest BCUT2D eigenvalue weighted by atomic mass is 16.6. The minimum absolute atomic E-state index is 0.0867. The van der Waals surface area contributed by atoms with Crippen molar-refractivity contribution in [2.75, 3.05) is 10.6 Å². The van der Waals surface area contributed by atoms with Gasteiger partial charge < -0.3 is 31.1 Å². The Bertz CT molecular complexity index is 1070. The van der Waals surface area contributed by atoms with E-state index in [9.17, 15) is 19.5 Å². The number of rotatable bonds is 7. The molecule has 0 heterocycles. The molecular formula is C24H26N4O5. The Labute approximate surface area is 191 Å². The summed E-state index contributed by atoms with van der Waals surface area (Å²) in [5.41, 5.74) is -1.36. The van der Waals surface area contributed by atoms with Gasteiger partial charge in [0.05, 0.1) is 0 Å². The normalized spacial score (nSPS) is 17.5. The van der Waals surface area contributed by atoms with Crippen LogP contribution in [0.2, 0.25) is 0 Å². The number of anilines is 2. The van der Waals surface area contributed by atoms with Crippen molar-refractivity contribution in [3.05, 3.63) is 84.6 Å². The monoisotopic (exact) mass is 450 g/mol. The lowest BCUT2D eigenvalue weighted by Crippen LogP contribution is -2.56. The summed E-state index contributed by atoms with van der Waals surface area (Å²) in [6.45, 7) is 2.79. The lowest BCUT2D eigenvalue weighted by Gasteiger charge is -2.38. The Morgan fingerprint density at radius 3 is 1.91 bits per heavy atom. The highest BCUT2D eigenvalue weighted by Crippen LogP contribution is 2.28. The Kier molecular flexibility index (Phi) is 7.14. The van der Waals surface area contributed by atoms with E-state index in [0.29, 0.717) is 17.1 Å². The highest BCUT2D eigenvalue weighted by molar-refractivity contribution is 5.91. The first-order valence-electron chi connectivity index (χ1n) is 10.3. The Morgan fingerprint density at radius 2 is 1.42 bits per heavy atom. The summed E-state index contributed by atoms with van der Waals surface area (Å²) in [4.78, 5) is 36.5. The molecule has 172 valence electrons. The van der Waals surface area contributed by atoms with Crippen LogP contribution in [0.15, 0.2) is 84.6 Å². The molecule has 0 aromatic heterocycles. The lowest BCUT2D eigenvalue weighted by molar-refractivity contribution is -0.179. The number of carbonyl (C=O) groups excluding carboxylic acids is 2. The summed E-state index contributed by atoms with van der Waals surface area (Å²) in [5, 5.41) is 20.3. The molecule has 2 aromatic carbocycles. The van der Waals surface area contributed by atoms with Crippen LogP contribution in [0.3, 0.4) is 0 Å². The van der Waals surface area contributed by atoms with E-state index in [1.807, 2.05) is 12.1 Å². The summed E-state index contributed by atoms with van der Waals surface area (Å²) < 4.78 is 5.85. The molecule has 5 N–H and O–H groups in total. The van der Waals surface area contributed by atoms with Crippen molar-refractivity contribution in [2.45, 2.75) is 31.6 Å².